The van der Waals surface area contributed by atoms with E-state index in [1.54, 1.807) is 38.2 Å². The Morgan fingerprint density at radius 1 is 1.04 bits per heavy atom. The summed E-state index contributed by atoms with van der Waals surface area (Å²) in [6.07, 6.45) is -0.630. The molecule has 0 fully saturated rings. The van der Waals surface area contributed by atoms with Crippen molar-refractivity contribution in [1.82, 2.24) is 5.32 Å². The summed E-state index contributed by atoms with van der Waals surface area (Å²) in [4.78, 5) is 23.7. The fourth-order valence-electron chi connectivity index (χ4n) is 2.03. The van der Waals surface area contributed by atoms with Crippen LogP contribution in [-0.4, -0.2) is 25.0 Å². The summed E-state index contributed by atoms with van der Waals surface area (Å²) < 4.78 is 5.68. The fraction of sp³-hybridized carbons (Fsp3) is 0.222. The molecule has 5 nitrogen and oxygen atoms in total. The summed E-state index contributed by atoms with van der Waals surface area (Å²) in [6.45, 7) is 3.62. The largest absolute Gasteiger partial charge is 0.481 e. The molecule has 0 bridgehead atoms. The van der Waals surface area contributed by atoms with Crippen LogP contribution in [-0.2, 0) is 4.79 Å². The molecule has 0 aliphatic rings. The third-order valence-electron chi connectivity index (χ3n) is 3.41. The summed E-state index contributed by atoms with van der Waals surface area (Å²) >= 11 is 0. The summed E-state index contributed by atoms with van der Waals surface area (Å²) in [6, 6.07) is 14.2. The minimum atomic E-state index is -0.630. The van der Waals surface area contributed by atoms with Crippen LogP contribution in [0.3, 0.4) is 0 Å². The van der Waals surface area contributed by atoms with Crippen LogP contribution in [0.15, 0.2) is 48.5 Å². The molecule has 0 heterocycles. The second kappa shape index (κ2) is 7.45. The number of benzene rings is 2. The Bertz CT molecular complexity index is 696. The lowest BCUT2D eigenvalue weighted by atomic mass is 10.2. The number of rotatable bonds is 5. The Labute approximate surface area is 135 Å². The van der Waals surface area contributed by atoms with Crippen LogP contribution in [0.4, 0.5) is 5.69 Å². The monoisotopic (exact) mass is 312 g/mol. The number of ether oxygens (including phenoxy) is 1. The molecule has 120 valence electrons. The smallest absolute Gasteiger partial charge is 0.265 e. The van der Waals surface area contributed by atoms with E-state index in [1.165, 1.54) is 0 Å². The number of para-hydroxylation sites is 1. The standard InChI is InChI=1S/C18H20N2O3/c1-12-6-4-5-7-16(12)23-13(2)17(21)20-15-10-8-14(9-11-15)18(22)19-3/h4-11,13H,1-3H3,(H,19,22)(H,20,21). The van der Waals surface area contributed by atoms with E-state index in [4.69, 9.17) is 4.74 Å². The molecule has 0 radical (unpaired) electrons. The molecule has 0 aliphatic heterocycles. The molecule has 2 amide bonds. The lowest BCUT2D eigenvalue weighted by Gasteiger charge is -2.16. The van der Waals surface area contributed by atoms with Crippen LogP contribution >= 0.6 is 0 Å². The molecule has 0 aliphatic carbocycles. The van der Waals surface area contributed by atoms with Crippen molar-refractivity contribution in [2.24, 2.45) is 0 Å². The molecular weight excluding hydrogens is 292 g/mol. The van der Waals surface area contributed by atoms with Crippen LogP contribution in [0.1, 0.15) is 22.8 Å². The predicted octanol–water partition coefficient (Wildman–Crippen LogP) is 2.76. The van der Waals surface area contributed by atoms with Gasteiger partial charge in [0, 0.05) is 18.3 Å². The highest BCUT2D eigenvalue weighted by Gasteiger charge is 2.15. The van der Waals surface area contributed by atoms with E-state index in [1.807, 2.05) is 31.2 Å². The number of anilines is 1. The number of hydrogen-bond acceptors (Lipinski definition) is 3. The maximum Gasteiger partial charge on any atom is 0.265 e. The van der Waals surface area contributed by atoms with Gasteiger partial charge in [-0.05, 0) is 49.7 Å². The van der Waals surface area contributed by atoms with Gasteiger partial charge in [0.1, 0.15) is 5.75 Å². The first-order valence-corrected chi connectivity index (χ1v) is 7.36. The van der Waals surface area contributed by atoms with E-state index >= 15 is 0 Å². The van der Waals surface area contributed by atoms with Crippen molar-refractivity contribution in [1.29, 1.82) is 0 Å². The molecule has 2 aromatic carbocycles. The van der Waals surface area contributed by atoms with Crippen molar-refractivity contribution in [3.05, 3.63) is 59.7 Å². The molecule has 23 heavy (non-hydrogen) atoms. The molecule has 1 unspecified atom stereocenters. The van der Waals surface area contributed by atoms with Crippen LogP contribution < -0.4 is 15.4 Å². The zero-order valence-corrected chi connectivity index (χ0v) is 13.4. The average molecular weight is 312 g/mol. The quantitative estimate of drug-likeness (QED) is 0.892. The van der Waals surface area contributed by atoms with Gasteiger partial charge in [-0.25, -0.2) is 0 Å². The van der Waals surface area contributed by atoms with Crippen molar-refractivity contribution in [2.75, 3.05) is 12.4 Å². The normalized spacial score (nSPS) is 11.4. The number of carbonyl (C=O) groups excluding carboxylic acids is 2. The van der Waals surface area contributed by atoms with Gasteiger partial charge < -0.3 is 15.4 Å². The average Bonchev–Trinajstić information content (AvgIpc) is 2.56. The Morgan fingerprint density at radius 3 is 2.30 bits per heavy atom. The van der Waals surface area contributed by atoms with E-state index in [2.05, 4.69) is 10.6 Å². The van der Waals surface area contributed by atoms with Gasteiger partial charge in [-0.15, -0.1) is 0 Å². The Hall–Kier alpha value is -2.82. The number of carbonyl (C=O) groups is 2. The molecule has 0 spiro atoms. The first-order valence-electron chi connectivity index (χ1n) is 7.36. The SMILES string of the molecule is CNC(=O)c1ccc(NC(=O)C(C)Oc2ccccc2C)cc1. The zero-order valence-electron chi connectivity index (χ0n) is 13.4. The Morgan fingerprint density at radius 2 is 1.70 bits per heavy atom. The fourth-order valence-corrected chi connectivity index (χ4v) is 2.03. The second-order valence-electron chi connectivity index (χ2n) is 5.17. The second-order valence-corrected chi connectivity index (χ2v) is 5.17. The molecule has 0 saturated carbocycles. The summed E-state index contributed by atoms with van der Waals surface area (Å²) in [5.74, 6) is 0.269. The molecule has 5 heteroatoms. The number of hydrogen-bond donors (Lipinski definition) is 2. The van der Waals surface area contributed by atoms with Crippen LogP contribution in [0, 0.1) is 6.92 Å². The van der Waals surface area contributed by atoms with E-state index in [9.17, 15) is 9.59 Å². The van der Waals surface area contributed by atoms with Gasteiger partial charge in [-0.2, -0.15) is 0 Å². The van der Waals surface area contributed by atoms with Gasteiger partial charge in [-0.1, -0.05) is 18.2 Å². The number of aryl methyl sites for hydroxylation is 1. The summed E-state index contributed by atoms with van der Waals surface area (Å²) in [5.41, 5.74) is 2.12. The van der Waals surface area contributed by atoms with Crippen LogP contribution in [0.25, 0.3) is 0 Å². The number of amides is 2. The van der Waals surface area contributed by atoms with Gasteiger partial charge in [0.15, 0.2) is 6.10 Å². The van der Waals surface area contributed by atoms with Crippen molar-refractivity contribution < 1.29 is 14.3 Å². The molecule has 2 N–H and O–H groups in total. The Balaban J connectivity index is 1.98. The van der Waals surface area contributed by atoms with Gasteiger partial charge >= 0.3 is 0 Å². The van der Waals surface area contributed by atoms with Gasteiger partial charge in [0.25, 0.3) is 11.8 Å². The highest BCUT2D eigenvalue weighted by molar-refractivity contribution is 5.96. The lowest BCUT2D eigenvalue weighted by molar-refractivity contribution is -0.122. The minimum Gasteiger partial charge on any atom is -0.481 e. The molecule has 0 saturated heterocycles. The predicted molar refractivity (Wildman–Crippen MR) is 89.7 cm³/mol. The van der Waals surface area contributed by atoms with E-state index in [-0.39, 0.29) is 11.8 Å². The van der Waals surface area contributed by atoms with Crippen LogP contribution in [0.2, 0.25) is 0 Å². The molecular formula is C18H20N2O3. The molecule has 2 aromatic rings. The maximum absolute atomic E-state index is 12.2. The van der Waals surface area contributed by atoms with E-state index in [0.29, 0.717) is 17.0 Å². The third-order valence-corrected chi connectivity index (χ3v) is 3.41. The van der Waals surface area contributed by atoms with Gasteiger partial charge in [0.05, 0.1) is 0 Å². The zero-order chi connectivity index (χ0) is 16.8. The third kappa shape index (κ3) is 4.32. The van der Waals surface area contributed by atoms with Crippen molar-refractivity contribution >= 4 is 17.5 Å². The van der Waals surface area contributed by atoms with Gasteiger partial charge in [0.2, 0.25) is 0 Å². The number of nitrogens with one attached hydrogen (secondary N) is 2. The highest BCUT2D eigenvalue weighted by atomic mass is 16.5. The van der Waals surface area contributed by atoms with Crippen molar-refractivity contribution in [3.63, 3.8) is 0 Å². The topological polar surface area (TPSA) is 67.4 Å². The minimum absolute atomic E-state index is 0.167. The first kappa shape index (κ1) is 16.5. The van der Waals surface area contributed by atoms with Crippen LogP contribution in [0.5, 0.6) is 5.75 Å². The summed E-state index contributed by atoms with van der Waals surface area (Å²) in [7, 11) is 1.57. The Kier molecular flexibility index (Phi) is 5.36. The molecule has 1 atom stereocenters. The summed E-state index contributed by atoms with van der Waals surface area (Å²) in [5, 5.41) is 5.32. The molecule has 2 rings (SSSR count). The first-order chi connectivity index (χ1) is 11.0. The highest BCUT2D eigenvalue weighted by Crippen LogP contribution is 2.18. The van der Waals surface area contributed by atoms with Gasteiger partial charge in [-0.3, -0.25) is 9.59 Å². The van der Waals surface area contributed by atoms with E-state index < -0.39 is 6.10 Å². The lowest BCUT2D eigenvalue weighted by Crippen LogP contribution is -2.30. The van der Waals surface area contributed by atoms with Crippen molar-refractivity contribution in [2.45, 2.75) is 20.0 Å². The maximum atomic E-state index is 12.2. The van der Waals surface area contributed by atoms with E-state index in [0.717, 1.165) is 5.56 Å². The molecule has 0 aromatic heterocycles. The van der Waals surface area contributed by atoms with Crippen molar-refractivity contribution in [3.8, 4) is 5.75 Å².